The van der Waals surface area contributed by atoms with Gasteiger partial charge in [-0.05, 0) is 55.1 Å². The predicted molar refractivity (Wildman–Crippen MR) is 107 cm³/mol. The fourth-order valence-corrected chi connectivity index (χ4v) is 3.22. The van der Waals surface area contributed by atoms with Crippen LogP contribution in [0.25, 0.3) is 0 Å². The van der Waals surface area contributed by atoms with E-state index in [-0.39, 0.29) is 0 Å². The SMILES string of the molecule is CC.Cc1ccc(CNC(=S)NC2CCCc3ccccc32)cc1. The maximum Gasteiger partial charge on any atom is 0.167 e. The zero-order valence-electron chi connectivity index (χ0n) is 14.9. The molecular formula is C21H28N2S. The van der Waals surface area contributed by atoms with Gasteiger partial charge in [-0.1, -0.05) is 67.9 Å². The average Bonchev–Trinajstić information content (AvgIpc) is 2.63. The molecule has 0 amide bonds. The molecule has 0 saturated heterocycles. The van der Waals surface area contributed by atoms with Crippen molar-refractivity contribution in [3.8, 4) is 0 Å². The number of thiocarbonyl (C=S) groups is 1. The summed E-state index contributed by atoms with van der Waals surface area (Å²) in [4.78, 5) is 0. The first-order valence-corrected chi connectivity index (χ1v) is 9.31. The van der Waals surface area contributed by atoms with Gasteiger partial charge in [-0.25, -0.2) is 0 Å². The molecule has 0 bridgehead atoms. The van der Waals surface area contributed by atoms with Crippen LogP contribution < -0.4 is 10.6 Å². The van der Waals surface area contributed by atoms with E-state index in [2.05, 4.69) is 66.1 Å². The molecule has 2 aromatic rings. The third-order valence-electron chi connectivity index (χ3n) is 4.25. The van der Waals surface area contributed by atoms with E-state index in [0.29, 0.717) is 6.04 Å². The van der Waals surface area contributed by atoms with E-state index >= 15 is 0 Å². The van der Waals surface area contributed by atoms with Crippen LogP contribution in [-0.4, -0.2) is 5.11 Å². The van der Waals surface area contributed by atoms with Crippen molar-refractivity contribution in [3.05, 3.63) is 70.8 Å². The van der Waals surface area contributed by atoms with Gasteiger partial charge >= 0.3 is 0 Å². The highest BCUT2D eigenvalue weighted by Gasteiger charge is 2.19. The van der Waals surface area contributed by atoms with Crippen LogP contribution >= 0.6 is 12.2 Å². The molecule has 0 heterocycles. The van der Waals surface area contributed by atoms with Crippen molar-refractivity contribution >= 4 is 17.3 Å². The van der Waals surface area contributed by atoms with Gasteiger partial charge in [-0.2, -0.15) is 0 Å². The second-order valence-electron chi connectivity index (χ2n) is 5.96. The molecule has 0 radical (unpaired) electrons. The summed E-state index contributed by atoms with van der Waals surface area (Å²) in [7, 11) is 0. The van der Waals surface area contributed by atoms with Crippen LogP contribution in [0.1, 0.15) is 55.0 Å². The van der Waals surface area contributed by atoms with Crippen molar-refractivity contribution < 1.29 is 0 Å². The van der Waals surface area contributed by atoms with Crippen molar-refractivity contribution in [1.82, 2.24) is 10.6 Å². The predicted octanol–water partition coefficient (Wildman–Crippen LogP) is 5.06. The molecule has 0 spiro atoms. The molecule has 3 heteroatoms. The van der Waals surface area contributed by atoms with Gasteiger partial charge in [-0.15, -0.1) is 0 Å². The number of fused-ring (bicyclic) bond motifs is 1. The Hall–Kier alpha value is -1.87. The highest BCUT2D eigenvalue weighted by atomic mass is 32.1. The first-order chi connectivity index (χ1) is 11.7. The van der Waals surface area contributed by atoms with E-state index in [0.717, 1.165) is 18.1 Å². The lowest BCUT2D eigenvalue weighted by Gasteiger charge is -2.27. The van der Waals surface area contributed by atoms with Crippen molar-refractivity contribution in [1.29, 1.82) is 0 Å². The van der Waals surface area contributed by atoms with Crippen LogP contribution in [0.5, 0.6) is 0 Å². The molecule has 0 aliphatic heterocycles. The van der Waals surface area contributed by atoms with Crippen LogP contribution in [0.4, 0.5) is 0 Å². The molecular weight excluding hydrogens is 312 g/mol. The molecule has 0 saturated carbocycles. The monoisotopic (exact) mass is 340 g/mol. The van der Waals surface area contributed by atoms with E-state index in [4.69, 9.17) is 12.2 Å². The quantitative estimate of drug-likeness (QED) is 0.764. The largest absolute Gasteiger partial charge is 0.359 e. The Bertz CT molecular complexity index is 649. The Morgan fingerprint density at radius 2 is 1.79 bits per heavy atom. The number of hydrogen-bond donors (Lipinski definition) is 2. The molecule has 2 N–H and O–H groups in total. The molecule has 1 aliphatic carbocycles. The van der Waals surface area contributed by atoms with Crippen LogP contribution in [0, 0.1) is 6.92 Å². The Labute approximate surface area is 151 Å². The van der Waals surface area contributed by atoms with E-state index in [1.807, 2.05) is 13.8 Å². The van der Waals surface area contributed by atoms with Gasteiger partial charge < -0.3 is 10.6 Å². The van der Waals surface area contributed by atoms with Crippen molar-refractivity contribution in [3.63, 3.8) is 0 Å². The number of benzene rings is 2. The zero-order chi connectivity index (χ0) is 17.4. The van der Waals surface area contributed by atoms with Gasteiger partial charge in [0.05, 0.1) is 6.04 Å². The van der Waals surface area contributed by atoms with Gasteiger partial charge in [0.2, 0.25) is 0 Å². The molecule has 128 valence electrons. The van der Waals surface area contributed by atoms with E-state index in [1.54, 1.807) is 0 Å². The Balaban J connectivity index is 0.00000100. The van der Waals surface area contributed by atoms with Gasteiger partial charge in [0.25, 0.3) is 0 Å². The summed E-state index contributed by atoms with van der Waals surface area (Å²) in [5.41, 5.74) is 5.38. The second kappa shape index (κ2) is 9.43. The van der Waals surface area contributed by atoms with Crippen molar-refractivity contribution in [2.24, 2.45) is 0 Å². The number of hydrogen-bond acceptors (Lipinski definition) is 1. The smallest absolute Gasteiger partial charge is 0.167 e. The summed E-state index contributed by atoms with van der Waals surface area (Å²) < 4.78 is 0. The minimum Gasteiger partial charge on any atom is -0.359 e. The zero-order valence-corrected chi connectivity index (χ0v) is 15.7. The maximum atomic E-state index is 5.47. The molecule has 0 aromatic heterocycles. The van der Waals surface area contributed by atoms with E-state index in [1.165, 1.54) is 35.1 Å². The minimum absolute atomic E-state index is 0.336. The van der Waals surface area contributed by atoms with Gasteiger partial charge in [0.1, 0.15) is 0 Å². The van der Waals surface area contributed by atoms with Crippen LogP contribution in [0.3, 0.4) is 0 Å². The van der Waals surface area contributed by atoms with Gasteiger partial charge in [0, 0.05) is 6.54 Å². The second-order valence-corrected chi connectivity index (χ2v) is 6.36. The molecule has 1 unspecified atom stereocenters. The van der Waals surface area contributed by atoms with Gasteiger partial charge in [-0.3, -0.25) is 0 Å². The summed E-state index contributed by atoms with van der Waals surface area (Å²) >= 11 is 5.47. The normalized spacial score (nSPS) is 15.5. The third-order valence-corrected chi connectivity index (χ3v) is 4.51. The lowest BCUT2D eigenvalue weighted by atomic mass is 9.88. The third kappa shape index (κ3) is 5.07. The van der Waals surface area contributed by atoms with E-state index in [9.17, 15) is 0 Å². The minimum atomic E-state index is 0.336. The number of rotatable bonds is 3. The van der Waals surface area contributed by atoms with Gasteiger partial charge in [0.15, 0.2) is 5.11 Å². The highest BCUT2D eigenvalue weighted by Crippen LogP contribution is 2.29. The Kier molecular flexibility index (Phi) is 7.26. The topological polar surface area (TPSA) is 24.1 Å². The first-order valence-electron chi connectivity index (χ1n) is 8.90. The summed E-state index contributed by atoms with van der Waals surface area (Å²) in [6, 6.07) is 17.6. The molecule has 0 fully saturated rings. The standard InChI is InChI=1S/C19H22N2S.C2H6/c1-14-9-11-15(12-10-14)13-20-19(22)21-18-8-4-6-16-5-2-3-7-17(16)18;1-2/h2-3,5,7,9-12,18H,4,6,8,13H2,1H3,(H2,20,21,22);1-2H3. The van der Waals surface area contributed by atoms with Crippen LogP contribution in [0.2, 0.25) is 0 Å². The molecule has 2 nitrogen and oxygen atoms in total. The fourth-order valence-electron chi connectivity index (χ4n) is 3.00. The molecule has 2 aromatic carbocycles. The maximum absolute atomic E-state index is 5.47. The molecule has 24 heavy (non-hydrogen) atoms. The molecule has 3 rings (SSSR count). The average molecular weight is 341 g/mol. The van der Waals surface area contributed by atoms with Crippen molar-refractivity contribution in [2.75, 3.05) is 0 Å². The fraction of sp³-hybridized carbons (Fsp3) is 0.381. The van der Waals surface area contributed by atoms with Crippen molar-refractivity contribution in [2.45, 2.75) is 52.6 Å². The molecule has 1 atom stereocenters. The Morgan fingerprint density at radius 1 is 1.08 bits per heavy atom. The lowest BCUT2D eigenvalue weighted by Crippen LogP contribution is -2.38. The molecule has 1 aliphatic rings. The van der Waals surface area contributed by atoms with Crippen LogP contribution in [-0.2, 0) is 13.0 Å². The number of nitrogens with one attached hydrogen (secondary N) is 2. The Morgan fingerprint density at radius 3 is 2.54 bits per heavy atom. The summed E-state index contributed by atoms with van der Waals surface area (Å²) in [6.07, 6.45) is 3.54. The summed E-state index contributed by atoms with van der Waals surface area (Å²) in [5, 5.41) is 7.53. The first kappa shape index (κ1) is 18.5. The summed E-state index contributed by atoms with van der Waals surface area (Å²) in [5.74, 6) is 0. The van der Waals surface area contributed by atoms with E-state index < -0.39 is 0 Å². The summed E-state index contributed by atoms with van der Waals surface area (Å²) in [6.45, 7) is 6.87. The lowest BCUT2D eigenvalue weighted by molar-refractivity contribution is 0.523. The number of aryl methyl sites for hydroxylation is 2. The van der Waals surface area contributed by atoms with Crippen LogP contribution in [0.15, 0.2) is 48.5 Å². The highest BCUT2D eigenvalue weighted by molar-refractivity contribution is 7.80.